The van der Waals surface area contributed by atoms with Gasteiger partial charge in [0.25, 0.3) is 0 Å². The molecule has 2 N–H and O–H groups in total. The first-order chi connectivity index (χ1) is 9.81. The summed E-state index contributed by atoms with van der Waals surface area (Å²) in [5, 5.41) is 6.95. The van der Waals surface area contributed by atoms with Crippen LogP contribution in [0.4, 0.5) is 0 Å². The lowest BCUT2D eigenvalue weighted by Gasteiger charge is -2.37. The van der Waals surface area contributed by atoms with Gasteiger partial charge in [0.2, 0.25) is 0 Å². The summed E-state index contributed by atoms with van der Waals surface area (Å²) in [5.41, 5.74) is 0.174. The molecule has 21 heavy (non-hydrogen) atoms. The summed E-state index contributed by atoms with van der Waals surface area (Å²) in [6, 6.07) is 0. The number of hydrogen-bond donors (Lipinski definition) is 2. The Hall–Kier alpha value is -0.810. The summed E-state index contributed by atoms with van der Waals surface area (Å²) in [6.45, 7) is 18.6. The van der Waals surface area contributed by atoms with Crippen molar-refractivity contribution in [2.24, 2.45) is 10.9 Å². The Kier molecular flexibility index (Phi) is 7.46. The SMILES string of the molecule is CN=C(NCCNC(C)(C)C)N1CCN(CC(C)C)CC1. The summed E-state index contributed by atoms with van der Waals surface area (Å²) in [5.74, 6) is 1.78. The molecular weight excluding hydrogens is 262 g/mol. The highest BCUT2D eigenvalue weighted by atomic mass is 15.3. The van der Waals surface area contributed by atoms with Crippen molar-refractivity contribution in [2.75, 3.05) is 52.9 Å². The van der Waals surface area contributed by atoms with Crippen LogP contribution in [-0.2, 0) is 0 Å². The van der Waals surface area contributed by atoms with Gasteiger partial charge in [0, 0.05) is 58.4 Å². The molecule has 0 bridgehead atoms. The lowest BCUT2D eigenvalue weighted by atomic mass is 10.1. The standard InChI is InChI=1S/C16H35N5/c1-14(2)13-20-9-11-21(12-10-20)15(17-6)18-7-8-19-16(3,4)5/h14,19H,7-13H2,1-6H3,(H,17,18). The zero-order valence-electron chi connectivity index (χ0n) is 14.9. The summed E-state index contributed by atoms with van der Waals surface area (Å²) in [7, 11) is 1.88. The van der Waals surface area contributed by atoms with Crippen LogP contribution in [0.2, 0.25) is 0 Å². The van der Waals surface area contributed by atoms with Gasteiger partial charge in [-0.25, -0.2) is 0 Å². The van der Waals surface area contributed by atoms with E-state index in [1.165, 1.54) is 6.54 Å². The highest BCUT2D eigenvalue weighted by Crippen LogP contribution is 2.05. The molecule has 0 amide bonds. The monoisotopic (exact) mass is 297 g/mol. The summed E-state index contributed by atoms with van der Waals surface area (Å²) in [6.07, 6.45) is 0. The molecule has 1 rings (SSSR count). The van der Waals surface area contributed by atoms with E-state index in [4.69, 9.17) is 0 Å². The third-order valence-corrected chi connectivity index (χ3v) is 3.57. The van der Waals surface area contributed by atoms with E-state index < -0.39 is 0 Å². The van der Waals surface area contributed by atoms with Gasteiger partial charge >= 0.3 is 0 Å². The Bertz CT molecular complexity index is 311. The second-order valence-electron chi connectivity index (χ2n) is 7.33. The Morgan fingerprint density at radius 3 is 2.19 bits per heavy atom. The second kappa shape index (κ2) is 8.59. The van der Waals surface area contributed by atoms with E-state index in [0.717, 1.165) is 51.1 Å². The van der Waals surface area contributed by atoms with E-state index in [1.807, 2.05) is 7.05 Å². The third-order valence-electron chi connectivity index (χ3n) is 3.57. The van der Waals surface area contributed by atoms with Crippen LogP contribution in [-0.4, -0.2) is 74.2 Å². The van der Waals surface area contributed by atoms with Crippen LogP contribution in [0.3, 0.4) is 0 Å². The number of rotatable bonds is 5. The van der Waals surface area contributed by atoms with Gasteiger partial charge in [0.15, 0.2) is 5.96 Å². The summed E-state index contributed by atoms with van der Waals surface area (Å²) in [4.78, 5) is 9.34. The topological polar surface area (TPSA) is 42.9 Å². The number of nitrogens with zero attached hydrogens (tertiary/aromatic N) is 3. The number of piperazine rings is 1. The van der Waals surface area contributed by atoms with E-state index in [0.29, 0.717) is 0 Å². The van der Waals surface area contributed by atoms with Crippen molar-refractivity contribution in [1.29, 1.82) is 0 Å². The number of guanidine groups is 1. The van der Waals surface area contributed by atoms with Gasteiger partial charge in [0.1, 0.15) is 0 Å². The minimum Gasteiger partial charge on any atom is -0.355 e. The fourth-order valence-corrected chi connectivity index (χ4v) is 2.60. The van der Waals surface area contributed by atoms with Gasteiger partial charge in [-0.3, -0.25) is 9.89 Å². The van der Waals surface area contributed by atoms with Crippen LogP contribution in [0.15, 0.2) is 4.99 Å². The van der Waals surface area contributed by atoms with Gasteiger partial charge in [-0.05, 0) is 26.7 Å². The minimum atomic E-state index is 0.174. The zero-order valence-corrected chi connectivity index (χ0v) is 14.9. The molecule has 5 heteroatoms. The van der Waals surface area contributed by atoms with E-state index in [1.54, 1.807) is 0 Å². The fraction of sp³-hybridized carbons (Fsp3) is 0.938. The molecule has 1 aliphatic rings. The highest BCUT2D eigenvalue weighted by molar-refractivity contribution is 5.80. The van der Waals surface area contributed by atoms with Gasteiger partial charge in [-0.1, -0.05) is 13.8 Å². The maximum Gasteiger partial charge on any atom is 0.193 e. The van der Waals surface area contributed by atoms with Crippen molar-refractivity contribution in [3.63, 3.8) is 0 Å². The highest BCUT2D eigenvalue weighted by Gasteiger charge is 2.19. The smallest absolute Gasteiger partial charge is 0.193 e. The fourth-order valence-electron chi connectivity index (χ4n) is 2.60. The normalized spacial score (nSPS) is 18.4. The lowest BCUT2D eigenvalue weighted by molar-refractivity contribution is 0.164. The molecule has 0 aromatic heterocycles. The molecule has 0 aromatic carbocycles. The van der Waals surface area contributed by atoms with Gasteiger partial charge < -0.3 is 15.5 Å². The molecule has 1 saturated heterocycles. The first kappa shape index (κ1) is 18.2. The molecule has 0 spiro atoms. The first-order valence-corrected chi connectivity index (χ1v) is 8.25. The summed E-state index contributed by atoms with van der Waals surface area (Å²) < 4.78 is 0. The predicted molar refractivity (Wildman–Crippen MR) is 92.0 cm³/mol. The summed E-state index contributed by atoms with van der Waals surface area (Å²) >= 11 is 0. The van der Waals surface area contributed by atoms with E-state index in [9.17, 15) is 0 Å². The lowest BCUT2D eigenvalue weighted by Crippen LogP contribution is -2.53. The van der Waals surface area contributed by atoms with Crippen molar-refractivity contribution in [1.82, 2.24) is 20.4 Å². The average Bonchev–Trinajstić information content (AvgIpc) is 2.38. The Balaban J connectivity index is 2.28. The molecule has 1 fully saturated rings. The molecule has 0 radical (unpaired) electrons. The molecule has 5 nitrogen and oxygen atoms in total. The van der Waals surface area contributed by atoms with E-state index in [-0.39, 0.29) is 5.54 Å². The minimum absolute atomic E-state index is 0.174. The maximum absolute atomic E-state index is 4.42. The maximum atomic E-state index is 4.42. The van der Waals surface area contributed by atoms with Crippen LogP contribution in [0.25, 0.3) is 0 Å². The quantitative estimate of drug-likeness (QED) is 0.455. The van der Waals surface area contributed by atoms with Gasteiger partial charge in [-0.2, -0.15) is 0 Å². The molecule has 0 unspecified atom stereocenters. The number of nitrogens with one attached hydrogen (secondary N) is 2. The molecule has 124 valence electrons. The van der Waals surface area contributed by atoms with Crippen LogP contribution < -0.4 is 10.6 Å². The van der Waals surface area contributed by atoms with Crippen LogP contribution in [0.5, 0.6) is 0 Å². The molecule has 0 aromatic rings. The van der Waals surface area contributed by atoms with Crippen molar-refractivity contribution in [2.45, 2.75) is 40.2 Å². The number of aliphatic imine (C=N–C) groups is 1. The Labute approximate surface area is 131 Å². The van der Waals surface area contributed by atoms with E-state index in [2.05, 4.69) is 60.0 Å². The molecular formula is C16H35N5. The van der Waals surface area contributed by atoms with Crippen molar-refractivity contribution in [3.8, 4) is 0 Å². The third kappa shape index (κ3) is 7.67. The zero-order chi connectivity index (χ0) is 15.9. The van der Waals surface area contributed by atoms with Crippen LogP contribution >= 0.6 is 0 Å². The van der Waals surface area contributed by atoms with Crippen molar-refractivity contribution < 1.29 is 0 Å². The molecule has 0 atom stereocenters. The molecule has 0 aliphatic carbocycles. The Morgan fingerprint density at radius 1 is 1.10 bits per heavy atom. The predicted octanol–water partition coefficient (Wildman–Crippen LogP) is 1.22. The average molecular weight is 297 g/mol. The first-order valence-electron chi connectivity index (χ1n) is 8.25. The number of hydrogen-bond acceptors (Lipinski definition) is 3. The van der Waals surface area contributed by atoms with Gasteiger partial charge in [0.05, 0.1) is 0 Å². The van der Waals surface area contributed by atoms with Crippen LogP contribution in [0.1, 0.15) is 34.6 Å². The van der Waals surface area contributed by atoms with Gasteiger partial charge in [-0.15, -0.1) is 0 Å². The molecule has 1 aliphatic heterocycles. The van der Waals surface area contributed by atoms with E-state index >= 15 is 0 Å². The molecule has 1 heterocycles. The second-order valence-corrected chi connectivity index (χ2v) is 7.33. The Morgan fingerprint density at radius 2 is 1.71 bits per heavy atom. The van der Waals surface area contributed by atoms with Crippen molar-refractivity contribution in [3.05, 3.63) is 0 Å². The van der Waals surface area contributed by atoms with Crippen LogP contribution in [0, 0.1) is 5.92 Å². The van der Waals surface area contributed by atoms with Crippen molar-refractivity contribution >= 4 is 5.96 Å². The molecule has 0 saturated carbocycles. The largest absolute Gasteiger partial charge is 0.355 e.